The van der Waals surface area contributed by atoms with Gasteiger partial charge in [-0.05, 0) is 71.7 Å². The number of aromatic nitrogens is 1. The van der Waals surface area contributed by atoms with Crippen molar-refractivity contribution in [3.63, 3.8) is 0 Å². The Morgan fingerprint density at radius 3 is 2.58 bits per heavy atom. The summed E-state index contributed by atoms with van der Waals surface area (Å²) in [6.45, 7) is 3.63. The molecule has 2 aromatic heterocycles. The van der Waals surface area contributed by atoms with Gasteiger partial charge in [0.1, 0.15) is 17.3 Å². The van der Waals surface area contributed by atoms with Crippen LogP contribution in [0.15, 0.2) is 84.5 Å². The van der Waals surface area contributed by atoms with Crippen molar-refractivity contribution in [1.29, 1.82) is 0 Å². The SMILES string of the molecule is CCOC(=O)C1=C(C)N=c2s/c(=C/c3ccc(-c4ccc(C(=O)O)cc4)o3)c(=O)n2[C@@H]1c1ccc(OC)c(Br)c1. The number of fused-ring (bicyclic) bond motifs is 1. The molecule has 0 amide bonds. The molecule has 2 aromatic carbocycles. The van der Waals surface area contributed by atoms with Crippen LogP contribution in [0.3, 0.4) is 0 Å². The van der Waals surface area contributed by atoms with E-state index in [1.54, 1.807) is 63.4 Å². The maximum Gasteiger partial charge on any atom is 0.338 e. The lowest BCUT2D eigenvalue weighted by Gasteiger charge is -2.25. The first-order valence-corrected chi connectivity index (χ1v) is 13.8. The van der Waals surface area contributed by atoms with Gasteiger partial charge >= 0.3 is 11.9 Å². The molecular formula is C29H23BrN2O7S. The standard InChI is InChI=1S/C29H23BrN2O7S/c1-4-38-28(36)24-15(2)31-29-32(25(24)18-9-11-22(37-3)20(30)13-18)26(33)23(40-29)14-19-10-12-21(39-19)16-5-7-17(8-6-16)27(34)35/h5-14,25H,4H2,1-3H3,(H,34,35)/b23-14+/t25-/m1/s1. The number of thiazole rings is 1. The topological polar surface area (TPSA) is 120 Å². The molecular weight excluding hydrogens is 600 g/mol. The Kier molecular flexibility index (Phi) is 7.59. The van der Waals surface area contributed by atoms with Crippen LogP contribution in [-0.2, 0) is 9.53 Å². The van der Waals surface area contributed by atoms with E-state index in [1.165, 1.54) is 28.0 Å². The molecule has 204 valence electrons. The van der Waals surface area contributed by atoms with E-state index < -0.39 is 18.0 Å². The molecule has 1 atom stereocenters. The lowest BCUT2D eigenvalue weighted by Crippen LogP contribution is -2.39. The number of carboxylic acids is 1. The van der Waals surface area contributed by atoms with Crippen LogP contribution < -0.4 is 19.6 Å². The fourth-order valence-electron chi connectivity index (χ4n) is 4.45. The van der Waals surface area contributed by atoms with Gasteiger partial charge in [0.15, 0.2) is 4.80 Å². The average molecular weight is 623 g/mol. The summed E-state index contributed by atoms with van der Waals surface area (Å²) >= 11 is 4.69. The van der Waals surface area contributed by atoms with Gasteiger partial charge in [-0.15, -0.1) is 0 Å². The number of carbonyl (C=O) groups excluding carboxylic acids is 1. The second-order valence-electron chi connectivity index (χ2n) is 8.78. The highest BCUT2D eigenvalue weighted by atomic mass is 79.9. The molecule has 1 N–H and O–H groups in total. The lowest BCUT2D eigenvalue weighted by atomic mass is 9.96. The van der Waals surface area contributed by atoms with Crippen LogP contribution in [0.1, 0.15) is 41.6 Å². The van der Waals surface area contributed by atoms with Crippen LogP contribution in [0.4, 0.5) is 0 Å². The summed E-state index contributed by atoms with van der Waals surface area (Å²) in [6, 6.07) is 14.4. The Morgan fingerprint density at radius 2 is 1.93 bits per heavy atom. The number of methoxy groups -OCH3 is 1. The smallest absolute Gasteiger partial charge is 0.338 e. The minimum absolute atomic E-state index is 0.174. The zero-order valence-electron chi connectivity index (χ0n) is 21.6. The third-order valence-corrected chi connectivity index (χ3v) is 7.93. The molecule has 0 saturated carbocycles. The molecule has 5 rings (SSSR count). The van der Waals surface area contributed by atoms with Gasteiger partial charge < -0.3 is 19.0 Å². The van der Waals surface area contributed by atoms with Gasteiger partial charge in [0.25, 0.3) is 5.56 Å². The minimum Gasteiger partial charge on any atom is -0.496 e. The predicted molar refractivity (Wildman–Crippen MR) is 152 cm³/mol. The molecule has 0 radical (unpaired) electrons. The maximum absolute atomic E-state index is 13.8. The van der Waals surface area contributed by atoms with E-state index in [9.17, 15) is 14.4 Å². The highest BCUT2D eigenvalue weighted by Crippen LogP contribution is 2.35. The molecule has 9 nitrogen and oxygen atoms in total. The van der Waals surface area contributed by atoms with Gasteiger partial charge in [-0.25, -0.2) is 14.6 Å². The third-order valence-electron chi connectivity index (χ3n) is 6.33. The highest BCUT2D eigenvalue weighted by Gasteiger charge is 2.33. The Balaban J connectivity index is 1.61. The number of aromatic carboxylic acids is 1. The molecule has 40 heavy (non-hydrogen) atoms. The van der Waals surface area contributed by atoms with E-state index in [0.717, 1.165) is 0 Å². The fourth-order valence-corrected chi connectivity index (χ4v) is 6.04. The number of rotatable bonds is 7. The normalized spacial score (nSPS) is 15.0. The molecule has 0 spiro atoms. The number of hydrogen-bond acceptors (Lipinski definition) is 8. The number of hydrogen-bond donors (Lipinski definition) is 1. The van der Waals surface area contributed by atoms with Crippen molar-refractivity contribution >= 4 is 45.3 Å². The fraction of sp³-hybridized carbons (Fsp3) is 0.172. The van der Waals surface area contributed by atoms with Crippen molar-refractivity contribution in [2.24, 2.45) is 4.99 Å². The number of esters is 1. The molecule has 11 heteroatoms. The molecule has 0 aliphatic carbocycles. The number of benzene rings is 2. The van der Waals surface area contributed by atoms with Gasteiger partial charge in [-0.3, -0.25) is 9.36 Å². The number of nitrogens with zero attached hydrogens (tertiary/aromatic N) is 2. The average Bonchev–Trinajstić information content (AvgIpc) is 3.52. The molecule has 0 unspecified atom stereocenters. The van der Waals surface area contributed by atoms with Crippen LogP contribution in [0.2, 0.25) is 0 Å². The molecule has 0 bridgehead atoms. The van der Waals surface area contributed by atoms with E-state index >= 15 is 0 Å². The van der Waals surface area contributed by atoms with Crippen LogP contribution in [0.5, 0.6) is 5.75 Å². The molecule has 1 aliphatic rings. The van der Waals surface area contributed by atoms with Crippen molar-refractivity contribution in [3.8, 4) is 17.1 Å². The van der Waals surface area contributed by atoms with Crippen LogP contribution in [0.25, 0.3) is 17.4 Å². The van der Waals surface area contributed by atoms with E-state index in [-0.39, 0.29) is 23.3 Å². The molecule has 3 heterocycles. The van der Waals surface area contributed by atoms with Crippen molar-refractivity contribution in [3.05, 3.63) is 107 Å². The van der Waals surface area contributed by atoms with Crippen molar-refractivity contribution in [1.82, 2.24) is 4.57 Å². The number of carbonyl (C=O) groups is 2. The van der Waals surface area contributed by atoms with Gasteiger partial charge in [0, 0.05) is 11.6 Å². The minimum atomic E-state index is -1.01. The Hall–Kier alpha value is -4.22. The Labute approximate surface area is 240 Å². The Morgan fingerprint density at radius 1 is 1.18 bits per heavy atom. The number of halogens is 1. The van der Waals surface area contributed by atoms with E-state index in [4.69, 9.17) is 19.0 Å². The van der Waals surface area contributed by atoms with Gasteiger partial charge in [-0.1, -0.05) is 29.5 Å². The molecule has 1 aliphatic heterocycles. The summed E-state index contributed by atoms with van der Waals surface area (Å²) in [5.41, 5.74) is 1.97. The lowest BCUT2D eigenvalue weighted by molar-refractivity contribution is -0.139. The number of carboxylic acid groups (broad SMARTS) is 1. The number of allylic oxidation sites excluding steroid dienone is 1. The van der Waals surface area contributed by atoms with Crippen molar-refractivity contribution in [2.45, 2.75) is 19.9 Å². The van der Waals surface area contributed by atoms with E-state index in [1.807, 2.05) is 6.07 Å². The molecule has 4 aromatic rings. The van der Waals surface area contributed by atoms with Gasteiger partial charge in [0.2, 0.25) is 0 Å². The van der Waals surface area contributed by atoms with Crippen molar-refractivity contribution in [2.75, 3.05) is 13.7 Å². The van der Waals surface area contributed by atoms with Crippen LogP contribution in [0, 0.1) is 0 Å². The summed E-state index contributed by atoms with van der Waals surface area (Å²) in [6.07, 6.45) is 1.63. The van der Waals surface area contributed by atoms with Crippen molar-refractivity contribution < 1.29 is 28.6 Å². The quantitative estimate of drug-likeness (QED) is 0.301. The van der Waals surface area contributed by atoms with Gasteiger partial charge in [-0.2, -0.15) is 0 Å². The van der Waals surface area contributed by atoms with E-state index in [0.29, 0.717) is 47.9 Å². The zero-order chi connectivity index (χ0) is 28.6. The predicted octanol–water partition coefficient (Wildman–Crippen LogP) is 4.53. The first-order valence-electron chi connectivity index (χ1n) is 12.2. The molecule has 0 fully saturated rings. The second-order valence-corrected chi connectivity index (χ2v) is 10.6. The third kappa shape index (κ3) is 5.05. The number of ether oxygens (including phenoxy) is 2. The summed E-state index contributed by atoms with van der Waals surface area (Å²) in [5, 5.41) is 9.13. The largest absolute Gasteiger partial charge is 0.496 e. The highest BCUT2D eigenvalue weighted by molar-refractivity contribution is 9.10. The zero-order valence-corrected chi connectivity index (χ0v) is 24.0. The maximum atomic E-state index is 13.8. The molecule has 0 saturated heterocycles. The van der Waals surface area contributed by atoms with Crippen LogP contribution in [-0.4, -0.2) is 35.3 Å². The summed E-state index contributed by atoms with van der Waals surface area (Å²) in [7, 11) is 1.56. The first-order chi connectivity index (χ1) is 19.2. The summed E-state index contributed by atoms with van der Waals surface area (Å²) < 4.78 is 19.2. The Bertz CT molecular complexity index is 1850. The summed E-state index contributed by atoms with van der Waals surface area (Å²) in [4.78, 5) is 43.0. The van der Waals surface area contributed by atoms with E-state index in [2.05, 4.69) is 20.9 Å². The van der Waals surface area contributed by atoms with Gasteiger partial charge in [0.05, 0.1) is 45.6 Å². The summed E-state index contributed by atoms with van der Waals surface area (Å²) in [5.74, 6) is 0.0223. The second kappa shape index (κ2) is 11.1. The van der Waals surface area contributed by atoms with Crippen LogP contribution >= 0.6 is 27.3 Å². The monoisotopic (exact) mass is 622 g/mol. The first kappa shape index (κ1) is 27.4. The number of furan rings is 1.